The molecule has 1 saturated carbocycles. The van der Waals surface area contributed by atoms with Crippen LogP contribution in [0.1, 0.15) is 31.7 Å². The molecule has 0 radical (unpaired) electrons. The summed E-state index contributed by atoms with van der Waals surface area (Å²) in [4.78, 5) is 6.46. The predicted octanol–water partition coefficient (Wildman–Crippen LogP) is 2.60. The molecule has 0 aromatic carbocycles. The van der Waals surface area contributed by atoms with Gasteiger partial charge in [0.1, 0.15) is 0 Å². The van der Waals surface area contributed by atoms with Crippen LogP contribution in [0.3, 0.4) is 0 Å². The molecule has 2 rings (SSSR count). The van der Waals surface area contributed by atoms with Crippen LogP contribution in [0, 0.1) is 17.2 Å². The lowest BCUT2D eigenvalue weighted by Gasteiger charge is -2.28. The van der Waals surface area contributed by atoms with E-state index in [1.165, 1.54) is 18.4 Å². The standard InChI is InChI=1S/C14H19N3/c1-12(14-3-4-14)17(10-2-7-15)11-13-5-8-16-9-6-13/h5-6,8-9,12,14H,2-4,10-11H2,1H3. The molecule has 1 aromatic heterocycles. The predicted molar refractivity (Wildman–Crippen MR) is 67.1 cm³/mol. The maximum absolute atomic E-state index is 8.73. The number of aromatic nitrogens is 1. The smallest absolute Gasteiger partial charge is 0.0635 e. The van der Waals surface area contributed by atoms with Crippen molar-refractivity contribution in [2.24, 2.45) is 5.92 Å². The average Bonchev–Trinajstić information content (AvgIpc) is 3.19. The third-order valence-electron chi connectivity index (χ3n) is 3.53. The van der Waals surface area contributed by atoms with Crippen LogP contribution >= 0.6 is 0 Å². The van der Waals surface area contributed by atoms with Gasteiger partial charge in [0.25, 0.3) is 0 Å². The lowest BCUT2D eigenvalue weighted by Crippen LogP contribution is -2.34. The van der Waals surface area contributed by atoms with E-state index in [1.54, 1.807) is 0 Å². The molecule has 0 aliphatic heterocycles. The summed E-state index contributed by atoms with van der Waals surface area (Å²) in [5, 5.41) is 8.73. The minimum Gasteiger partial charge on any atom is -0.295 e. The molecule has 0 bridgehead atoms. The van der Waals surface area contributed by atoms with Crippen molar-refractivity contribution in [2.45, 2.75) is 38.8 Å². The summed E-state index contributed by atoms with van der Waals surface area (Å²) in [5.74, 6) is 0.843. The zero-order valence-electron chi connectivity index (χ0n) is 10.3. The van der Waals surface area contributed by atoms with Crippen LogP contribution in [0.15, 0.2) is 24.5 Å². The van der Waals surface area contributed by atoms with Gasteiger partial charge in [-0.2, -0.15) is 5.26 Å². The van der Waals surface area contributed by atoms with E-state index in [4.69, 9.17) is 5.26 Å². The molecular weight excluding hydrogens is 210 g/mol. The molecule has 1 aliphatic carbocycles. The Kier molecular flexibility index (Phi) is 4.11. The second-order valence-corrected chi connectivity index (χ2v) is 4.81. The van der Waals surface area contributed by atoms with Gasteiger partial charge in [0.2, 0.25) is 0 Å². The number of nitriles is 1. The fourth-order valence-electron chi connectivity index (χ4n) is 2.22. The molecular formula is C14H19N3. The van der Waals surface area contributed by atoms with Crippen molar-refractivity contribution in [1.29, 1.82) is 5.26 Å². The molecule has 0 N–H and O–H groups in total. The van der Waals surface area contributed by atoms with E-state index in [0.717, 1.165) is 19.0 Å². The van der Waals surface area contributed by atoms with Crippen LogP contribution in [0.2, 0.25) is 0 Å². The van der Waals surface area contributed by atoms with Crippen LogP contribution in [0.5, 0.6) is 0 Å². The number of nitrogens with zero attached hydrogens (tertiary/aromatic N) is 3. The molecule has 1 fully saturated rings. The number of pyridine rings is 1. The van der Waals surface area contributed by atoms with E-state index in [9.17, 15) is 0 Å². The second kappa shape index (κ2) is 5.79. The van der Waals surface area contributed by atoms with Crippen molar-refractivity contribution < 1.29 is 0 Å². The van der Waals surface area contributed by atoms with Gasteiger partial charge < -0.3 is 0 Å². The van der Waals surface area contributed by atoms with Crippen molar-refractivity contribution in [3.05, 3.63) is 30.1 Å². The first-order valence-corrected chi connectivity index (χ1v) is 6.31. The van der Waals surface area contributed by atoms with Gasteiger partial charge in [0, 0.05) is 37.9 Å². The molecule has 1 aromatic rings. The summed E-state index contributed by atoms with van der Waals surface area (Å²) in [7, 11) is 0. The van der Waals surface area contributed by atoms with Gasteiger partial charge in [-0.1, -0.05) is 0 Å². The van der Waals surface area contributed by atoms with Gasteiger partial charge in [-0.15, -0.1) is 0 Å². The molecule has 3 heteroatoms. The summed E-state index contributed by atoms with van der Waals surface area (Å²) >= 11 is 0. The molecule has 1 aliphatic rings. The van der Waals surface area contributed by atoms with E-state index in [0.29, 0.717) is 12.5 Å². The Morgan fingerprint density at radius 1 is 1.47 bits per heavy atom. The molecule has 1 atom stereocenters. The van der Waals surface area contributed by atoms with Gasteiger partial charge in [-0.3, -0.25) is 9.88 Å². The zero-order chi connectivity index (χ0) is 12.1. The van der Waals surface area contributed by atoms with Crippen molar-refractivity contribution in [1.82, 2.24) is 9.88 Å². The van der Waals surface area contributed by atoms with Gasteiger partial charge in [-0.05, 0) is 43.4 Å². The normalized spacial score (nSPS) is 16.8. The van der Waals surface area contributed by atoms with Crippen molar-refractivity contribution in [3.63, 3.8) is 0 Å². The fourth-order valence-corrected chi connectivity index (χ4v) is 2.22. The Balaban J connectivity index is 1.97. The molecule has 90 valence electrons. The molecule has 0 spiro atoms. The van der Waals surface area contributed by atoms with E-state index in [-0.39, 0.29) is 0 Å². The lowest BCUT2D eigenvalue weighted by molar-refractivity contribution is 0.185. The van der Waals surface area contributed by atoms with Crippen LogP contribution in [-0.2, 0) is 6.54 Å². The van der Waals surface area contributed by atoms with Gasteiger partial charge >= 0.3 is 0 Å². The molecule has 1 unspecified atom stereocenters. The van der Waals surface area contributed by atoms with Crippen LogP contribution in [0.25, 0.3) is 0 Å². The minimum absolute atomic E-state index is 0.594. The van der Waals surface area contributed by atoms with Gasteiger partial charge in [-0.25, -0.2) is 0 Å². The first-order valence-electron chi connectivity index (χ1n) is 6.31. The maximum atomic E-state index is 8.73. The Hall–Kier alpha value is -1.40. The van der Waals surface area contributed by atoms with E-state index in [1.807, 2.05) is 12.4 Å². The highest BCUT2D eigenvalue weighted by Gasteiger charge is 2.31. The second-order valence-electron chi connectivity index (χ2n) is 4.81. The fraction of sp³-hybridized carbons (Fsp3) is 0.571. The van der Waals surface area contributed by atoms with E-state index >= 15 is 0 Å². The Bertz CT molecular complexity index is 378. The van der Waals surface area contributed by atoms with Crippen LogP contribution in [-0.4, -0.2) is 22.5 Å². The monoisotopic (exact) mass is 229 g/mol. The highest BCUT2D eigenvalue weighted by Crippen LogP contribution is 2.35. The lowest BCUT2D eigenvalue weighted by atomic mass is 10.1. The van der Waals surface area contributed by atoms with E-state index in [2.05, 4.69) is 35.0 Å². The summed E-state index contributed by atoms with van der Waals surface area (Å²) in [6.45, 7) is 4.09. The Morgan fingerprint density at radius 3 is 2.76 bits per heavy atom. The summed E-state index contributed by atoms with van der Waals surface area (Å²) in [6, 6.07) is 6.95. The third-order valence-corrected chi connectivity index (χ3v) is 3.53. The van der Waals surface area contributed by atoms with Crippen LogP contribution in [0.4, 0.5) is 0 Å². The zero-order valence-corrected chi connectivity index (χ0v) is 10.3. The molecule has 0 amide bonds. The van der Waals surface area contributed by atoms with Gasteiger partial charge in [0.05, 0.1) is 6.07 Å². The Labute approximate surface area is 103 Å². The topological polar surface area (TPSA) is 39.9 Å². The van der Waals surface area contributed by atoms with Crippen LogP contribution < -0.4 is 0 Å². The largest absolute Gasteiger partial charge is 0.295 e. The first-order chi connectivity index (χ1) is 8.31. The number of hydrogen-bond donors (Lipinski definition) is 0. The summed E-state index contributed by atoms with van der Waals surface area (Å²) in [5.41, 5.74) is 1.28. The first kappa shape index (κ1) is 12.1. The summed E-state index contributed by atoms with van der Waals surface area (Å²) < 4.78 is 0. The Morgan fingerprint density at radius 2 is 2.18 bits per heavy atom. The van der Waals surface area contributed by atoms with Gasteiger partial charge in [0.15, 0.2) is 0 Å². The maximum Gasteiger partial charge on any atom is 0.0635 e. The van der Waals surface area contributed by atoms with Crippen molar-refractivity contribution >= 4 is 0 Å². The highest BCUT2D eigenvalue weighted by molar-refractivity contribution is 5.10. The third kappa shape index (κ3) is 3.54. The average molecular weight is 229 g/mol. The highest BCUT2D eigenvalue weighted by atomic mass is 15.2. The summed E-state index contributed by atoms with van der Waals surface area (Å²) in [6.07, 6.45) is 6.97. The van der Waals surface area contributed by atoms with E-state index < -0.39 is 0 Å². The van der Waals surface area contributed by atoms with Crippen molar-refractivity contribution in [2.75, 3.05) is 6.54 Å². The minimum atomic E-state index is 0.594. The molecule has 0 saturated heterocycles. The quantitative estimate of drug-likeness (QED) is 0.752. The molecule has 3 nitrogen and oxygen atoms in total. The number of rotatable bonds is 6. The molecule has 1 heterocycles. The molecule has 17 heavy (non-hydrogen) atoms. The SMILES string of the molecule is CC(C1CC1)N(CCC#N)Cc1ccncc1. The number of hydrogen-bond acceptors (Lipinski definition) is 3. The van der Waals surface area contributed by atoms with Crippen molar-refractivity contribution in [3.8, 4) is 6.07 Å².